The molecule has 3 N–H and O–H groups in total. The highest BCUT2D eigenvalue weighted by molar-refractivity contribution is 6.08. The molecule has 0 spiro atoms. The zero-order valence-electron chi connectivity index (χ0n) is 23.3. The van der Waals surface area contributed by atoms with Crippen molar-refractivity contribution in [2.75, 3.05) is 10.6 Å². The second-order valence-electron chi connectivity index (χ2n) is 10.1. The van der Waals surface area contributed by atoms with Gasteiger partial charge in [0.05, 0.1) is 17.8 Å². The fraction of sp³-hybridized carbons (Fsp3) is 0.147. The van der Waals surface area contributed by atoms with Gasteiger partial charge < -0.3 is 24.9 Å². The molecule has 0 aliphatic carbocycles. The predicted octanol–water partition coefficient (Wildman–Crippen LogP) is 7.74. The molecule has 8 heteroatoms. The van der Waals surface area contributed by atoms with Crippen molar-refractivity contribution in [2.24, 2.45) is 0 Å². The summed E-state index contributed by atoms with van der Waals surface area (Å²) in [5.74, 6) is 1.29. The smallest absolute Gasteiger partial charge is 0.337 e. The van der Waals surface area contributed by atoms with Crippen LogP contribution in [-0.2, 0) is 13.0 Å². The molecule has 1 amide bonds. The number of carboxylic acid groups (broad SMARTS) is 1. The molecule has 42 heavy (non-hydrogen) atoms. The average Bonchev–Trinajstić information content (AvgIpc) is 3.45. The number of nitrogens with zero attached hydrogens (tertiary/aromatic N) is 1. The summed E-state index contributed by atoms with van der Waals surface area (Å²) < 4.78 is 11.8. The van der Waals surface area contributed by atoms with Crippen LogP contribution in [0.1, 0.15) is 63.1 Å². The number of amides is 1. The Bertz CT molecular complexity index is 1660. The van der Waals surface area contributed by atoms with E-state index in [4.69, 9.17) is 9.15 Å². The Morgan fingerprint density at radius 2 is 1.57 bits per heavy atom. The quantitative estimate of drug-likeness (QED) is 0.151. The van der Waals surface area contributed by atoms with Crippen LogP contribution in [0, 0.1) is 0 Å². The topological polar surface area (TPSA) is 114 Å². The number of nitrogens with one attached hydrogen (secondary N) is 2. The number of carbonyl (C=O) groups is 2. The lowest BCUT2D eigenvalue weighted by Gasteiger charge is -2.17. The van der Waals surface area contributed by atoms with Crippen LogP contribution in [0.3, 0.4) is 0 Å². The molecule has 0 radical (unpaired) electrons. The zero-order valence-corrected chi connectivity index (χ0v) is 23.3. The maximum absolute atomic E-state index is 13.1. The normalized spacial score (nSPS) is 10.8. The van der Waals surface area contributed by atoms with Crippen LogP contribution >= 0.6 is 0 Å². The van der Waals surface area contributed by atoms with Gasteiger partial charge in [0.25, 0.3) is 5.91 Å². The van der Waals surface area contributed by atoms with E-state index in [-0.39, 0.29) is 17.2 Å². The Labute approximate surface area is 244 Å². The van der Waals surface area contributed by atoms with Crippen molar-refractivity contribution < 1.29 is 23.8 Å². The van der Waals surface area contributed by atoms with Gasteiger partial charge in [-0.3, -0.25) is 9.78 Å². The van der Waals surface area contributed by atoms with E-state index in [0.717, 1.165) is 28.3 Å². The molecule has 0 aliphatic heterocycles. The molecule has 0 bridgehead atoms. The number of ether oxygens (including phenoxy) is 1. The summed E-state index contributed by atoms with van der Waals surface area (Å²) in [7, 11) is 0. The number of aromatic nitrogens is 1. The minimum absolute atomic E-state index is 0.0120. The lowest BCUT2D eigenvalue weighted by atomic mass is 9.91. The molecule has 5 rings (SSSR count). The number of carbonyl (C=O) groups excluding carboxylic acids is 1. The number of hydrogen-bond donors (Lipinski definition) is 3. The van der Waals surface area contributed by atoms with Gasteiger partial charge in [0.1, 0.15) is 23.0 Å². The highest BCUT2D eigenvalue weighted by Gasteiger charge is 2.20. The van der Waals surface area contributed by atoms with Crippen LogP contribution in [0.4, 0.5) is 11.4 Å². The lowest BCUT2D eigenvalue weighted by Crippen LogP contribution is -2.16. The van der Waals surface area contributed by atoms with Crippen molar-refractivity contribution in [1.29, 1.82) is 0 Å². The summed E-state index contributed by atoms with van der Waals surface area (Å²) >= 11 is 0. The number of furan rings is 1. The summed E-state index contributed by atoms with van der Waals surface area (Å²) in [6.45, 7) is 4.57. The molecular weight excluding hydrogens is 530 g/mol. The van der Waals surface area contributed by atoms with Crippen LogP contribution in [0.2, 0.25) is 0 Å². The number of pyridine rings is 1. The SMILES string of the molecule is CC(C)c1cc(NC(=O)c2ccc(Oc3ccccc3)cc2)c(C(=O)O)cc1Cc1ccc(CNc2ccncc2)o1. The van der Waals surface area contributed by atoms with Crippen LogP contribution in [0.15, 0.2) is 108 Å². The first kappa shape index (κ1) is 28.2. The molecule has 0 saturated carbocycles. The van der Waals surface area contributed by atoms with Gasteiger partial charge in [-0.15, -0.1) is 0 Å². The number of aromatic carboxylic acids is 1. The molecule has 0 fully saturated rings. The third-order valence-electron chi connectivity index (χ3n) is 6.70. The summed E-state index contributed by atoms with van der Waals surface area (Å²) in [4.78, 5) is 29.4. The molecule has 2 heterocycles. The summed E-state index contributed by atoms with van der Waals surface area (Å²) in [6, 6.07) is 27.0. The monoisotopic (exact) mass is 561 g/mol. The number of carboxylic acids is 1. The molecular formula is C34H31N3O5. The highest BCUT2D eigenvalue weighted by Crippen LogP contribution is 2.30. The second-order valence-corrected chi connectivity index (χ2v) is 10.1. The van der Waals surface area contributed by atoms with Crippen molar-refractivity contribution in [3.8, 4) is 11.5 Å². The van der Waals surface area contributed by atoms with Gasteiger partial charge in [-0.25, -0.2) is 4.79 Å². The third-order valence-corrected chi connectivity index (χ3v) is 6.70. The lowest BCUT2D eigenvalue weighted by molar-refractivity contribution is 0.0698. The third kappa shape index (κ3) is 7.03. The van der Waals surface area contributed by atoms with E-state index >= 15 is 0 Å². The van der Waals surface area contributed by atoms with E-state index < -0.39 is 11.9 Å². The fourth-order valence-corrected chi connectivity index (χ4v) is 4.58. The first-order chi connectivity index (χ1) is 20.4. The van der Waals surface area contributed by atoms with E-state index in [2.05, 4.69) is 15.6 Å². The number of hydrogen-bond acceptors (Lipinski definition) is 6. The van der Waals surface area contributed by atoms with Gasteiger partial charge in [-0.1, -0.05) is 32.0 Å². The van der Waals surface area contributed by atoms with Crippen molar-refractivity contribution >= 4 is 23.3 Å². The van der Waals surface area contributed by atoms with E-state index in [0.29, 0.717) is 30.0 Å². The molecule has 0 saturated heterocycles. The molecule has 212 valence electrons. The first-order valence-corrected chi connectivity index (χ1v) is 13.6. The van der Waals surface area contributed by atoms with Crippen LogP contribution in [0.25, 0.3) is 0 Å². The van der Waals surface area contributed by atoms with Gasteiger partial charge in [0, 0.05) is 30.1 Å². The van der Waals surface area contributed by atoms with E-state index in [1.54, 1.807) is 48.8 Å². The molecule has 2 aromatic heterocycles. The van der Waals surface area contributed by atoms with E-state index in [1.165, 1.54) is 0 Å². The predicted molar refractivity (Wildman–Crippen MR) is 161 cm³/mol. The summed E-state index contributed by atoms with van der Waals surface area (Å²) in [5, 5.41) is 16.1. The molecule has 8 nitrogen and oxygen atoms in total. The first-order valence-electron chi connectivity index (χ1n) is 13.6. The van der Waals surface area contributed by atoms with Gasteiger partial charge in [0.2, 0.25) is 0 Å². The molecule has 0 unspecified atom stereocenters. The molecule has 0 atom stereocenters. The number of benzene rings is 3. The largest absolute Gasteiger partial charge is 0.478 e. The van der Waals surface area contributed by atoms with Crippen molar-refractivity contribution in [2.45, 2.75) is 32.7 Å². The average molecular weight is 562 g/mol. The highest BCUT2D eigenvalue weighted by atomic mass is 16.5. The van der Waals surface area contributed by atoms with Gasteiger partial charge >= 0.3 is 5.97 Å². The van der Waals surface area contributed by atoms with Crippen LogP contribution < -0.4 is 15.4 Å². The molecule has 3 aromatic carbocycles. The number of anilines is 2. The van der Waals surface area contributed by atoms with Crippen LogP contribution in [-0.4, -0.2) is 22.0 Å². The standard InChI is InChI=1S/C34H31N3O5/c1-22(2)30-20-32(37-33(38)23-8-10-27(11-9-23)41-26-6-4-3-5-7-26)31(34(39)40)19-24(30)18-28-12-13-29(42-28)21-36-25-14-16-35-17-15-25/h3-17,19-20,22H,18,21H2,1-2H3,(H,35,36)(H,37,38)(H,39,40). The van der Waals surface area contributed by atoms with Crippen molar-refractivity contribution in [1.82, 2.24) is 4.98 Å². The Balaban J connectivity index is 1.32. The minimum Gasteiger partial charge on any atom is -0.478 e. The van der Waals surface area contributed by atoms with Gasteiger partial charge in [0.15, 0.2) is 0 Å². The summed E-state index contributed by atoms with van der Waals surface area (Å²) in [5.41, 5.74) is 3.32. The Hall–Kier alpha value is -5.37. The Morgan fingerprint density at radius 3 is 2.26 bits per heavy atom. The van der Waals surface area contributed by atoms with Crippen molar-refractivity contribution in [3.63, 3.8) is 0 Å². The maximum Gasteiger partial charge on any atom is 0.337 e. The number of para-hydroxylation sites is 1. The van der Waals surface area contributed by atoms with E-state index in [1.807, 2.05) is 68.4 Å². The van der Waals surface area contributed by atoms with Gasteiger partial charge in [-0.05, 0) is 89.8 Å². The zero-order chi connectivity index (χ0) is 29.5. The molecule has 0 aliphatic rings. The minimum atomic E-state index is -1.13. The van der Waals surface area contributed by atoms with Crippen molar-refractivity contribution in [3.05, 3.63) is 137 Å². The van der Waals surface area contributed by atoms with E-state index in [9.17, 15) is 14.7 Å². The second kappa shape index (κ2) is 12.9. The van der Waals surface area contributed by atoms with Crippen LogP contribution in [0.5, 0.6) is 11.5 Å². The van der Waals surface area contributed by atoms with Gasteiger partial charge in [-0.2, -0.15) is 0 Å². The Morgan fingerprint density at radius 1 is 0.881 bits per heavy atom. The Kier molecular flexibility index (Phi) is 8.63. The maximum atomic E-state index is 13.1. The number of rotatable bonds is 11. The fourth-order valence-electron chi connectivity index (χ4n) is 4.58. The molecule has 5 aromatic rings. The summed E-state index contributed by atoms with van der Waals surface area (Å²) in [6.07, 6.45) is 3.85.